The Morgan fingerprint density at radius 3 is 2.56 bits per heavy atom. The molecule has 0 aliphatic carbocycles. The number of imide groups is 2. The predicted octanol–water partition coefficient (Wildman–Crippen LogP) is 5.17. The van der Waals surface area contributed by atoms with E-state index in [1.54, 1.807) is 42.5 Å². The highest BCUT2D eigenvalue weighted by Gasteiger charge is 2.37. The highest BCUT2D eigenvalue weighted by molar-refractivity contribution is 9.10. The topological polar surface area (TPSA) is 119 Å². The van der Waals surface area contributed by atoms with Crippen molar-refractivity contribution >= 4 is 51.2 Å². The molecule has 0 atom stereocenters. The van der Waals surface area contributed by atoms with Gasteiger partial charge in [0.25, 0.3) is 17.5 Å². The number of nitrogens with one attached hydrogen (secondary N) is 1. The number of ether oxygens (including phenoxy) is 1. The summed E-state index contributed by atoms with van der Waals surface area (Å²) in [4.78, 5) is 49.7. The summed E-state index contributed by atoms with van der Waals surface area (Å²) in [5.74, 6) is -1.03. The molecule has 4 rings (SSSR count). The number of carbonyl (C=O) groups excluding carboxylic acids is 3. The maximum Gasteiger partial charge on any atom is 0.335 e. The predicted molar refractivity (Wildman–Crippen MR) is 136 cm³/mol. The summed E-state index contributed by atoms with van der Waals surface area (Å²) in [5.41, 5.74) is 2.17. The molecule has 3 aromatic carbocycles. The molecule has 1 heterocycles. The van der Waals surface area contributed by atoms with Crippen LogP contribution in [-0.4, -0.2) is 22.8 Å². The Balaban J connectivity index is 1.56. The molecule has 3 aromatic rings. The number of non-ortho nitro benzene ring substituents is 1. The number of nitro groups is 1. The number of hydrogen-bond donors (Lipinski definition) is 1. The van der Waals surface area contributed by atoms with Gasteiger partial charge in [0.2, 0.25) is 0 Å². The monoisotopic (exact) mass is 549 g/mol. The summed E-state index contributed by atoms with van der Waals surface area (Å²) < 4.78 is 6.32. The van der Waals surface area contributed by atoms with Crippen molar-refractivity contribution in [2.24, 2.45) is 0 Å². The first-order chi connectivity index (χ1) is 17.3. The van der Waals surface area contributed by atoms with E-state index in [-0.39, 0.29) is 17.9 Å². The Labute approximate surface area is 214 Å². The molecule has 1 saturated heterocycles. The molecule has 182 valence electrons. The largest absolute Gasteiger partial charge is 0.488 e. The number of aryl methyl sites for hydroxylation is 1. The van der Waals surface area contributed by atoms with Gasteiger partial charge < -0.3 is 4.74 Å². The van der Waals surface area contributed by atoms with Crippen molar-refractivity contribution < 1.29 is 24.0 Å². The summed E-state index contributed by atoms with van der Waals surface area (Å²) in [6, 6.07) is 17.3. The standard InChI is InChI=1S/C26H20BrN3O6/c1-2-18-7-3-4-9-22(18)29-25(32)20(24(31)28-26(29)33)13-16-10-11-23(21(27)14-16)36-15-17-6-5-8-19(12-17)30(34)35/h3-14H,2,15H2,1H3,(H,28,31,33)/b20-13-. The molecule has 0 spiro atoms. The highest BCUT2D eigenvalue weighted by Crippen LogP contribution is 2.30. The minimum Gasteiger partial charge on any atom is -0.488 e. The molecular weight excluding hydrogens is 530 g/mol. The zero-order valence-electron chi connectivity index (χ0n) is 19.1. The molecule has 9 nitrogen and oxygen atoms in total. The number of carbonyl (C=O) groups is 3. The number of para-hydroxylation sites is 1. The van der Waals surface area contributed by atoms with Gasteiger partial charge in [-0.25, -0.2) is 9.69 Å². The van der Waals surface area contributed by atoms with Gasteiger partial charge in [0, 0.05) is 12.1 Å². The van der Waals surface area contributed by atoms with Gasteiger partial charge in [-0.2, -0.15) is 0 Å². The van der Waals surface area contributed by atoms with Crippen molar-refractivity contribution in [3.8, 4) is 5.75 Å². The zero-order valence-corrected chi connectivity index (χ0v) is 20.7. The molecule has 0 saturated carbocycles. The van der Waals surface area contributed by atoms with Crippen molar-refractivity contribution in [2.45, 2.75) is 20.0 Å². The normalized spacial score (nSPS) is 14.7. The van der Waals surface area contributed by atoms with Crippen LogP contribution in [0.4, 0.5) is 16.2 Å². The molecule has 4 amide bonds. The first kappa shape index (κ1) is 24.8. The van der Waals surface area contributed by atoms with E-state index >= 15 is 0 Å². The number of amides is 4. The maximum atomic E-state index is 13.2. The Morgan fingerprint density at radius 1 is 1.06 bits per heavy atom. The number of nitrogens with zero attached hydrogens (tertiary/aromatic N) is 2. The smallest absolute Gasteiger partial charge is 0.335 e. The van der Waals surface area contributed by atoms with Crippen LogP contribution in [0.1, 0.15) is 23.6 Å². The fourth-order valence-corrected chi connectivity index (χ4v) is 4.23. The number of rotatable bonds is 7. The molecule has 0 aromatic heterocycles. The Bertz CT molecular complexity index is 1420. The lowest BCUT2D eigenvalue weighted by atomic mass is 10.0. The fourth-order valence-electron chi connectivity index (χ4n) is 3.72. The third-order valence-electron chi connectivity index (χ3n) is 5.50. The van der Waals surface area contributed by atoms with Gasteiger partial charge >= 0.3 is 6.03 Å². The van der Waals surface area contributed by atoms with Crippen LogP contribution >= 0.6 is 15.9 Å². The molecular formula is C26H20BrN3O6. The van der Waals surface area contributed by atoms with Gasteiger partial charge in [0.15, 0.2) is 0 Å². The molecule has 0 radical (unpaired) electrons. The quantitative estimate of drug-likeness (QED) is 0.188. The number of nitro benzene ring substituents is 1. The minimum atomic E-state index is -0.797. The van der Waals surface area contributed by atoms with Gasteiger partial charge in [-0.1, -0.05) is 43.3 Å². The average molecular weight is 550 g/mol. The van der Waals surface area contributed by atoms with Crippen LogP contribution in [0, 0.1) is 10.1 Å². The summed E-state index contributed by atoms with van der Waals surface area (Å²) in [7, 11) is 0. The zero-order chi connectivity index (χ0) is 25.8. The summed E-state index contributed by atoms with van der Waals surface area (Å²) in [6.45, 7) is 2.02. The molecule has 1 aliphatic rings. The van der Waals surface area contributed by atoms with Gasteiger partial charge in [-0.05, 0) is 63.3 Å². The van der Waals surface area contributed by atoms with Gasteiger partial charge in [-0.3, -0.25) is 25.0 Å². The number of halogens is 1. The number of benzene rings is 3. The second-order valence-corrected chi connectivity index (χ2v) is 8.70. The van der Waals surface area contributed by atoms with Crippen molar-refractivity contribution in [1.82, 2.24) is 5.32 Å². The van der Waals surface area contributed by atoms with Crippen molar-refractivity contribution in [2.75, 3.05) is 4.90 Å². The number of urea groups is 1. The Morgan fingerprint density at radius 2 is 1.83 bits per heavy atom. The first-order valence-electron chi connectivity index (χ1n) is 10.9. The van der Waals surface area contributed by atoms with Crippen LogP contribution in [-0.2, 0) is 22.6 Å². The van der Waals surface area contributed by atoms with Crippen LogP contribution in [0.15, 0.2) is 76.8 Å². The molecule has 36 heavy (non-hydrogen) atoms. The van der Waals surface area contributed by atoms with Crippen LogP contribution in [0.25, 0.3) is 6.08 Å². The highest BCUT2D eigenvalue weighted by atomic mass is 79.9. The van der Waals surface area contributed by atoms with Crippen LogP contribution in [0.3, 0.4) is 0 Å². The lowest BCUT2D eigenvalue weighted by molar-refractivity contribution is -0.384. The molecule has 0 unspecified atom stereocenters. The third kappa shape index (κ3) is 5.18. The molecule has 1 fully saturated rings. The van der Waals surface area contributed by atoms with Crippen molar-refractivity contribution in [1.29, 1.82) is 0 Å². The van der Waals surface area contributed by atoms with E-state index in [0.29, 0.717) is 33.5 Å². The van der Waals surface area contributed by atoms with Crippen LogP contribution in [0.5, 0.6) is 5.75 Å². The summed E-state index contributed by atoms with van der Waals surface area (Å²) in [5, 5.41) is 13.2. The van der Waals surface area contributed by atoms with Gasteiger partial charge in [0.05, 0.1) is 15.1 Å². The minimum absolute atomic E-state index is 0.0263. The molecule has 0 bridgehead atoms. The van der Waals surface area contributed by atoms with E-state index in [4.69, 9.17) is 4.74 Å². The second kappa shape index (κ2) is 10.5. The third-order valence-corrected chi connectivity index (χ3v) is 6.12. The van der Waals surface area contributed by atoms with E-state index in [9.17, 15) is 24.5 Å². The molecule has 1 N–H and O–H groups in total. The summed E-state index contributed by atoms with van der Waals surface area (Å²) >= 11 is 3.42. The van der Waals surface area contributed by atoms with E-state index in [0.717, 1.165) is 10.5 Å². The number of barbiturate groups is 1. The van der Waals surface area contributed by atoms with E-state index in [1.165, 1.54) is 18.2 Å². The SMILES string of the molecule is CCc1ccccc1N1C(=O)NC(=O)/C(=C/c2ccc(OCc3cccc([N+](=O)[O-])c3)c(Br)c2)C1=O. The molecule has 1 aliphatic heterocycles. The lowest BCUT2D eigenvalue weighted by Gasteiger charge is -2.28. The fraction of sp³-hybridized carbons (Fsp3) is 0.115. The van der Waals surface area contributed by atoms with Crippen molar-refractivity contribution in [3.05, 3.63) is 104 Å². The van der Waals surface area contributed by atoms with Crippen LogP contribution < -0.4 is 15.0 Å². The molecule has 10 heteroatoms. The van der Waals surface area contributed by atoms with E-state index < -0.39 is 22.8 Å². The maximum absolute atomic E-state index is 13.2. The first-order valence-corrected chi connectivity index (χ1v) is 11.7. The number of hydrogen-bond acceptors (Lipinski definition) is 6. The second-order valence-electron chi connectivity index (χ2n) is 7.85. The van der Waals surface area contributed by atoms with E-state index in [1.807, 2.05) is 19.1 Å². The Kier molecular flexibility index (Phi) is 7.25. The Hall–Kier alpha value is -4.31. The van der Waals surface area contributed by atoms with Gasteiger partial charge in [0.1, 0.15) is 17.9 Å². The lowest BCUT2D eigenvalue weighted by Crippen LogP contribution is -2.54. The van der Waals surface area contributed by atoms with Crippen molar-refractivity contribution in [3.63, 3.8) is 0 Å². The van der Waals surface area contributed by atoms with Gasteiger partial charge in [-0.15, -0.1) is 0 Å². The average Bonchev–Trinajstić information content (AvgIpc) is 2.86. The van der Waals surface area contributed by atoms with E-state index in [2.05, 4.69) is 21.2 Å². The number of anilines is 1. The van der Waals surface area contributed by atoms with Crippen LogP contribution in [0.2, 0.25) is 0 Å². The summed E-state index contributed by atoms with van der Waals surface area (Å²) in [6.07, 6.45) is 2.01.